The van der Waals surface area contributed by atoms with Crippen LogP contribution in [-0.4, -0.2) is 48.6 Å². The number of carbonyl (C=O) groups excluding carboxylic acids is 1. The van der Waals surface area contributed by atoms with Gasteiger partial charge in [0.2, 0.25) is 0 Å². The van der Waals surface area contributed by atoms with Crippen molar-refractivity contribution in [1.29, 1.82) is 0 Å². The highest BCUT2D eigenvalue weighted by Gasteiger charge is 2.24. The van der Waals surface area contributed by atoms with Gasteiger partial charge in [-0.3, -0.25) is 9.63 Å². The average Bonchev–Trinajstić information content (AvgIpc) is 2.71. The molecule has 8 nitrogen and oxygen atoms in total. The average molecular weight is 255 g/mol. The molecule has 1 amide bonds. The largest absolute Gasteiger partial charge is 0.381 e. The highest BCUT2D eigenvalue weighted by atomic mass is 16.6. The Labute approximate surface area is 104 Å². The summed E-state index contributed by atoms with van der Waals surface area (Å²) in [6.45, 7) is 1.79. The van der Waals surface area contributed by atoms with Crippen molar-refractivity contribution < 1.29 is 14.4 Å². The molecular weight excluding hydrogens is 238 g/mol. The predicted molar refractivity (Wildman–Crippen MR) is 63.7 cm³/mol. The maximum atomic E-state index is 11.9. The van der Waals surface area contributed by atoms with E-state index < -0.39 is 6.10 Å². The van der Waals surface area contributed by atoms with E-state index in [2.05, 4.69) is 20.6 Å². The number of methoxy groups -OCH3 is 1. The van der Waals surface area contributed by atoms with Crippen LogP contribution in [0, 0.1) is 0 Å². The summed E-state index contributed by atoms with van der Waals surface area (Å²) in [5.41, 5.74) is 0. The Kier molecular flexibility index (Phi) is 4.26. The molecule has 0 saturated carbocycles. The molecule has 100 valence electrons. The van der Waals surface area contributed by atoms with Crippen molar-refractivity contribution in [2.45, 2.75) is 12.1 Å². The summed E-state index contributed by atoms with van der Waals surface area (Å²) in [7, 11) is 1.48. The Bertz CT molecular complexity index is 404. The van der Waals surface area contributed by atoms with Crippen LogP contribution in [0.2, 0.25) is 0 Å². The first kappa shape index (κ1) is 13.0. The quantitative estimate of drug-likeness (QED) is 0.556. The fraction of sp³-hybridized carbons (Fsp3) is 0.600. The van der Waals surface area contributed by atoms with E-state index in [0.717, 1.165) is 13.1 Å². The van der Waals surface area contributed by atoms with Crippen molar-refractivity contribution in [2.75, 3.05) is 32.1 Å². The lowest BCUT2D eigenvalue weighted by molar-refractivity contribution is -0.131. The van der Waals surface area contributed by atoms with Crippen LogP contribution < -0.4 is 16.5 Å². The normalized spacial score (nSPS) is 17.2. The zero-order valence-corrected chi connectivity index (χ0v) is 10.1. The van der Waals surface area contributed by atoms with E-state index >= 15 is 0 Å². The maximum Gasteiger partial charge on any atom is 0.259 e. The first-order valence-electron chi connectivity index (χ1n) is 5.65. The minimum atomic E-state index is -0.835. The molecule has 1 atom stereocenters. The second-order valence-electron chi connectivity index (χ2n) is 4.04. The number of anilines is 1. The van der Waals surface area contributed by atoms with E-state index in [-0.39, 0.29) is 18.6 Å². The van der Waals surface area contributed by atoms with Crippen LogP contribution in [0.1, 0.15) is 6.04 Å². The molecule has 0 aromatic carbocycles. The molecule has 1 aliphatic rings. The third-order valence-corrected chi connectivity index (χ3v) is 2.80. The Hall–Kier alpha value is -1.48. The third kappa shape index (κ3) is 2.67. The molecule has 1 aliphatic heterocycles. The van der Waals surface area contributed by atoms with Gasteiger partial charge >= 0.3 is 0 Å². The van der Waals surface area contributed by atoms with Gasteiger partial charge < -0.3 is 15.4 Å². The minimum absolute atomic E-state index is 0.0987. The number of ether oxygens (including phenoxy) is 1. The number of rotatable bonds is 6. The van der Waals surface area contributed by atoms with Gasteiger partial charge in [-0.05, 0) is 0 Å². The minimum Gasteiger partial charge on any atom is -0.381 e. The number of aromatic nitrogens is 2. The summed E-state index contributed by atoms with van der Waals surface area (Å²) in [6, 6.07) is 2.01. The number of hydrogen-bond donors (Lipinski definition) is 3. The molecule has 1 saturated heterocycles. The van der Waals surface area contributed by atoms with Gasteiger partial charge in [0.15, 0.2) is 6.10 Å². The van der Waals surface area contributed by atoms with Crippen LogP contribution in [0.4, 0.5) is 5.82 Å². The Morgan fingerprint density at radius 1 is 1.78 bits per heavy atom. The Balaban J connectivity index is 1.99. The molecule has 0 bridgehead atoms. The first-order valence-corrected chi connectivity index (χ1v) is 5.65. The molecule has 2 rings (SSSR count). The SMILES string of the molecule is COCC(ON)C(=O)Nc1ccnn1C1CNC1. The molecule has 1 fully saturated rings. The number of carbonyl (C=O) groups is 1. The second kappa shape index (κ2) is 5.91. The lowest BCUT2D eigenvalue weighted by Gasteiger charge is -2.29. The Morgan fingerprint density at radius 3 is 3.11 bits per heavy atom. The molecule has 18 heavy (non-hydrogen) atoms. The van der Waals surface area contributed by atoms with Crippen molar-refractivity contribution in [3.8, 4) is 0 Å². The van der Waals surface area contributed by atoms with E-state index in [0.29, 0.717) is 5.82 Å². The number of hydrogen-bond acceptors (Lipinski definition) is 6. The van der Waals surface area contributed by atoms with Crippen LogP contribution in [0.5, 0.6) is 0 Å². The highest BCUT2D eigenvalue weighted by molar-refractivity contribution is 5.93. The summed E-state index contributed by atoms with van der Waals surface area (Å²) in [4.78, 5) is 16.4. The molecule has 8 heteroatoms. The first-order chi connectivity index (χ1) is 8.76. The van der Waals surface area contributed by atoms with E-state index in [1.54, 1.807) is 16.9 Å². The summed E-state index contributed by atoms with van der Waals surface area (Å²) in [6.07, 6.45) is 0.806. The van der Waals surface area contributed by atoms with Gasteiger partial charge in [0, 0.05) is 26.3 Å². The van der Waals surface area contributed by atoms with Crippen LogP contribution >= 0.6 is 0 Å². The number of nitrogens with one attached hydrogen (secondary N) is 2. The fourth-order valence-corrected chi connectivity index (χ4v) is 1.69. The second-order valence-corrected chi connectivity index (χ2v) is 4.04. The van der Waals surface area contributed by atoms with E-state index in [1.165, 1.54) is 7.11 Å². The number of nitrogens with zero attached hydrogens (tertiary/aromatic N) is 2. The molecule has 1 aromatic heterocycles. The molecule has 4 N–H and O–H groups in total. The molecule has 1 aromatic rings. The molecule has 0 radical (unpaired) electrons. The van der Waals surface area contributed by atoms with Crippen LogP contribution in [0.25, 0.3) is 0 Å². The van der Waals surface area contributed by atoms with Crippen molar-refractivity contribution in [3.05, 3.63) is 12.3 Å². The van der Waals surface area contributed by atoms with Gasteiger partial charge in [-0.15, -0.1) is 0 Å². The molecule has 0 spiro atoms. The molecule has 0 aliphatic carbocycles. The maximum absolute atomic E-state index is 11.9. The van der Waals surface area contributed by atoms with Crippen molar-refractivity contribution in [3.63, 3.8) is 0 Å². The zero-order valence-electron chi connectivity index (χ0n) is 10.1. The van der Waals surface area contributed by atoms with Gasteiger partial charge in [-0.1, -0.05) is 0 Å². The van der Waals surface area contributed by atoms with Gasteiger partial charge in [0.1, 0.15) is 5.82 Å². The summed E-state index contributed by atoms with van der Waals surface area (Å²) in [5.74, 6) is 5.33. The smallest absolute Gasteiger partial charge is 0.259 e. The third-order valence-electron chi connectivity index (χ3n) is 2.80. The summed E-state index contributed by atoms with van der Waals surface area (Å²) >= 11 is 0. The van der Waals surface area contributed by atoms with E-state index in [9.17, 15) is 4.79 Å². The monoisotopic (exact) mass is 255 g/mol. The zero-order chi connectivity index (χ0) is 13.0. The predicted octanol–water partition coefficient (Wildman–Crippen LogP) is -1.13. The molecular formula is C10H17N5O3. The van der Waals surface area contributed by atoms with Crippen molar-refractivity contribution in [1.82, 2.24) is 15.1 Å². The lowest BCUT2D eigenvalue weighted by Crippen LogP contribution is -2.44. The number of nitrogens with two attached hydrogens (primary N) is 1. The van der Waals surface area contributed by atoms with Gasteiger partial charge in [-0.2, -0.15) is 5.10 Å². The van der Waals surface area contributed by atoms with Crippen molar-refractivity contribution >= 4 is 11.7 Å². The van der Waals surface area contributed by atoms with Gasteiger partial charge in [0.05, 0.1) is 18.8 Å². The highest BCUT2D eigenvalue weighted by Crippen LogP contribution is 2.17. The summed E-state index contributed by atoms with van der Waals surface area (Å²) in [5, 5.41) is 10.1. The van der Waals surface area contributed by atoms with Crippen LogP contribution in [0.3, 0.4) is 0 Å². The van der Waals surface area contributed by atoms with E-state index in [1.807, 2.05) is 0 Å². The van der Waals surface area contributed by atoms with Gasteiger partial charge in [0.25, 0.3) is 5.91 Å². The van der Waals surface area contributed by atoms with Crippen LogP contribution in [0.15, 0.2) is 12.3 Å². The fourth-order valence-electron chi connectivity index (χ4n) is 1.69. The van der Waals surface area contributed by atoms with Gasteiger partial charge in [-0.25, -0.2) is 10.6 Å². The molecule has 2 heterocycles. The van der Waals surface area contributed by atoms with E-state index in [4.69, 9.17) is 10.6 Å². The standard InChI is InChI=1S/C10H17N5O3/c1-17-6-8(18-11)10(16)14-9-2-3-13-15(9)7-4-12-5-7/h2-3,7-8,12H,4-6,11H2,1H3,(H,14,16). The summed E-state index contributed by atoms with van der Waals surface area (Å²) < 4.78 is 6.62. The Morgan fingerprint density at radius 2 is 2.56 bits per heavy atom. The van der Waals surface area contributed by atoms with Crippen molar-refractivity contribution in [2.24, 2.45) is 5.90 Å². The lowest BCUT2D eigenvalue weighted by atomic mass is 10.2. The molecule has 1 unspecified atom stereocenters. The number of amides is 1. The topological polar surface area (TPSA) is 103 Å². The van der Waals surface area contributed by atoms with Crippen LogP contribution in [-0.2, 0) is 14.4 Å².